The Morgan fingerprint density at radius 2 is 1.75 bits per heavy atom. The largest absolute Gasteiger partial charge is 0.494 e. The molecule has 0 aliphatic rings. The molecule has 0 saturated heterocycles. The molecule has 0 aliphatic heterocycles. The van der Waals surface area contributed by atoms with Gasteiger partial charge in [-0.1, -0.05) is 45.9 Å². The average molecular weight is 325 g/mol. The van der Waals surface area contributed by atoms with Crippen molar-refractivity contribution in [3.05, 3.63) is 59.7 Å². The Hall–Kier alpha value is -2.29. The molecule has 1 N–H and O–H groups in total. The fraction of sp³-hybridized carbons (Fsp3) is 0.381. The van der Waals surface area contributed by atoms with Gasteiger partial charge in [-0.3, -0.25) is 4.79 Å². The van der Waals surface area contributed by atoms with Crippen molar-refractivity contribution in [1.29, 1.82) is 0 Å². The number of carbonyl (C=O) groups is 1. The summed E-state index contributed by atoms with van der Waals surface area (Å²) < 4.78 is 5.74. The molecule has 2 rings (SSSR count). The maximum atomic E-state index is 12.4. The van der Waals surface area contributed by atoms with E-state index in [0.29, 0.717) is 24.0 Å². The summed E-state index contributed by atoms with van der Waals surface area (Å²) in [7, 11) is 0. The van der Waals surface area contributed by atoms with Crippen molar-refractivity contribution < 1.29 is 9.53 Å². The molecule has 3 heteroatoms. The highest BCUT2D eigenvalue weighted by atomic mass is 16.5. The first kappa shape index (κ1) is 18.1. The zero-order valence-electron chi connectivity index (χ0n) is 15.0. The summed E-state index contributed by atoms with van der Waals surface area (Å²) in [5.74, 6) is 1.75. The van der Waals surface area contributed by atoms with E-state index in [9.17, 15) is 4.79 Å². The van der Waals surface area contributed by atoms with E-state index in [1.165, 1.54) is 5.56 Å². The van der Waals surface area contributed by atoms with Gasteiger partial charge in [0.15, 0.2) is 0 Å². The molecule has 1 amide bonds. The summed E-state index contributed by atoms with van der Waals surface area (Å²) in [6.07, 6.45) is 1.01. The standard InChI is InChI=1S/C21H27NO2/c1-15(2)12-13-24-20-7-5-6-19(14-20)22-21(23)18-10-8-17(9-11-18)16(3)4/h5-11,14-16H,12-13H2,1-4H3,(H,22,23). The van der Waals surface area contributed by atoms with E-state index < -0.39 is 0 Å². The Labute approximate surface area is 145 Å². The molecule has 0 heterocycles. The van der Waals surface area contributed by atoms with Gasteiger partial charge in [0, 0.05) is 17.3 Å². The third-order valence-electron chi connectivity index (χ3n) is 3.90. The topological polar surface area (TPSA) is 38.3 Å². The van der Waals surface area contributed by atoms with Gasteiger partial charge in [-0.15, -0.1) is 0 Å². The number of hydrogen-bond donors (Lipinski definition) is 1. The van der Waals surface area contributed by atoms with Crippen LogP contribution in [0.1, 0.15) is 56.0 Å². The first-order chi connectivity index (χ1) is 11.5. The first-order valence-corrected chi connectivity index (χ1v) is 8.60. The Morgan fingerprint density at radius 1 is 1.04 bits per heavy atom. The van der Waals surface area contributed by atoms with Crippen LogP contribution in [0.2, 0.25) is 0 Å². The summed E-state index contributed by atoms with van der Waals surface area (Å²) in [4.78, 5) is 12.4. The van der Waals surface area contributed by atoms with Crippen molar-refractivity contribution in [2.75, 3.05) is 11.9 Å². The lowest BCUT2D eigenvalue weighted by atomic mass is 10.0. The van der Waals surface area contributed by atoms with Gasteiger partial charge in [-0.2, -0.15) is 0 Å². The fourth-order valence-electron chi connectivity index (χ4n) is 2.30. The highest BCUT2D eigenvalue weighted by Gasteiger charge is 2.08. The minimum absolute atomic E-state index is 0.107. The normalized spacial score (nSPS) is 10.9. The summed E-state index contributed by atoms with van der Waals surface area (Å²) >= 11 is 0. The molecule has 0 atom stereocenters. The van der Waals surface area contributed by atoms with Crippen molar-refractivity contribution in [3.63, 3.8) is 0 Å². The number of hydrogen-bond acceptors (Lipinski definition) is 2. The third kappa shape index (κ3) is 5.41. The molecular weight excluding hydrogens is 298 g/mol. The average Bonchev–Trinajstić information content (AvgIpc) is 2.55. The van der Waals surface area contributed by atoms with Gasteiger partial charge in [0.2, 0.25) is 0 Å². The van der Waals surface area contributed by atoms with Gasteiger partial charge in [0.25, 0.3) is 5.91 Å². The number of carbonyl (C=O) groups excluding carboxylic acids is 1. The first-order valence-electron chi connectivity index (χ1n) is 8.60. The summed E-state index contributed by atoms with van der Waals surface area (Å²) in [5, 5.41) is 2.93. The minimum atomic E-state index is -0.107. The van der Waals surface area contributed by atoms with Gasteiger partial charge in [0.05, 0.1) is 6.61 Å². The molecule has 0 unspecified atom stereocenters. The molecule has 2 aromatic rings. The van der Waals surface area contributed by atoms with E-state index >= 15 is 0 Å². The Bertz CT molecular complexity index is 660. The van der Waals surface area contributed by atoms with Crippen LogP contribution in [0.3, 0.4) is 0 Å². The molecule has 0 aliphatic carbocycles. The Balaban J connectivity index is 1.98. The molecular formula is C21H27NO2. The van der Waals surface area contributed by atoms with Crippen LogP contribution in [-0.2, 0) is 0 Å². The van der Waals surface area contributed by atoms with Crippen molar-refractivity contribution in [2.24, 2.45) is 5.92 Å². The second-order valence-corrected chi connectivity index (χ2v) is 6.79. The minimum Gasteiger partial charge on any atom is -0.494 e. The van der Waals surface area contributed by atoms with Crippen molar-refractivity contribution in [2.45, 2.75) is 40.0 Å². The summed E-state index contributed by atoms with van der Waals surface area (Å²) in [6.45, 7) is 9.31. The van der Waals surface area contributed by atoms with Gasteiger partial charge < -0.3 is 10.1 Å². The summed E-state index contributed by atoms with van der Waals surface area (Å²) in [5.41, 5.74) is 2.63. The number of rotatable bonds is 7. The molecule has 0 bridgehead atoms. The second-order valence-electron chi connectivity index (χ2n) is 6.79. The fourth-order valence-corrected chi connectivity index (χ4v) is 2.30. The molecule has 0 fully saturated rings. The molecule has 3 nitrogen and oxygen atoms in total. The number of benzene rings is 2. The molecule has 2 aromatic carbocycles. The zero-order chi connectivity index (χ0) is 17.5. The quantitative estimate of drug-likeness (QED) is 0.731. The van der Waals surface area contributed by atoms with E-state index in [0.717, 1.165) is 17.9 Å². The predicted molar refractivity (Wildman–Crippen MR) is 99.9 cm³/mol. The van der Waals surface area contributed by atoms with Gasteiger partial charge in [-0.05, 0) is 48.1 Å². The monoisotopic (exact) mass is 325 g/mol. The zero-order valence-corrected chi connectivity index (χ0v) is 15.0. The van der Waals surface area contributed by atoms with Crippen LogP contribution in [0.5, 0.6) is 5.75 Å². The highest BCUT2D eigenvalue weighted by molar-refractivity contribution is 6.04. The summed E-state index contributed by atoms with van der Waals surface area (Å²) in [6, 6.07) is 15.3. The SMILES string of the molecule is CC(C)CCOc1cccc(NC(=O)c2ccc(C(C)C)cc2)c1. The van der Waals surface area contributed by atoms with E-state index in [2.05, 4.69) is 33.0 Å². The van der Waals surface area contributed by atoms with E-state index in [-0.39, 0.29) is 5.91 Å². The predicted octanol–water partition coefficient (Wildman–Crippen LogP) is 5.49. The lowest BCUT2D eigenvalue weighted by Gasteiger charge is -2.11. The van der Waals surface area contributed by atoms with Gasteiger partial charge in [0.1, 0.15) is 5.75 Å². The smallest absolute Gasteiger partial charge is 0.255 e. The van der Waals surface area contributed by atoms with Crippen LogP contribution in [0, 0.1) is 5.92 Å². The van der Waals surface area contributed by atoms with E-state index in [1.807, 2.05) is 48.5 Å². The van der Waals surface area contributed by atoms with E-state index in [1.54, 1.807) is 0 Å². The highest BCUT2D eigenvalue weighted by Crippen LogP contribution is 2.20. The molecule has 0 radical (unpaired) electrons. The maximum absolute atomic E-state index is 12.4. The number of amides is 1. The maximum Gasteiger partial charge on any atom is 0.255 e. The van der Waals surface area contributed by atoms with Crippen molar-refractivity contribution in [1.82, 2.24) is 0 Å². The molecule has 0 saturated carbocycles. The molecule has 0 spiro atoms. The lowest BCUT2D eigenvalue weighted by molar-refractivity contribution is 0.102. The van der Waals surface area contributed by atoms with Crippen LogP contribution in [0.4, 0.5) is 5.69 Å². The number of anilines is 1. The Kier molecular flexibility index (Phi) is 6.42. The van der Waals surface area contributed by atoms with Gasteiger partial charge in [-0.25, -0.2) is 0 Å². The molecule has 0 aromatic heterocycles. The van der Waals surface area contributed by atoms with Crippen LogP contribution >= 0.6 is 0 Å². The van der Waals surface area contributed by atoms with Crippen LogP contribution in [0.25, 0.3) is 0 Å². The second kappa shape index (κ2) is 8.53. The van der Waals surface area contributed by atoms with Crippen molar-refractivity contribution in [3.8, 4) is 5.75 Å². The van der Waals surface area contributed by atoms with Crippen LogP contribution in [-0.4, -0.2) is 12.5 Å². The Morgan fingerprint density at radius 3 is 2.38 bits per heavy atom. The third-order valence-corrected chi connectivity index (χ3v) is 3.90. The number of nitrogens with one attached hydrogen (secondary N) is 1. The van der Waals surface area contributed by atoms with Crippen molar-refractivity contribution >= 4 is 11.6 Å². The number of ether oxygens (including phenoxy) is 1. The lowest BCUT2D eigenvalue weighted by Crippen LogP contribution is -2.12. The molecule has 24 heavy (non-hydrogen) atoms. The molecule has 128 valence electrons. The van der Waals surface area contributed by atoms with Crippen LogP contribution < -0.4 is 10.1 Å². The van der Waals surface area contributed by atoms with Crippen LogP contribution in [0.15, 0.2) is 48.5 Å². The van der Waals surface area contributed by atoms with E-state index in [4.69, 9.17) is 4.74 Å². The van der Waals surface area contributed by atoms with Gasteiger partial charge >= 0.3 is 0 Å².